The third kappa shape index (κ3) is 7.87. The van der Waals surface area contributed by atoms with Gasteiger partial charge in [0.15, 0.2) is 5.82 Å². The average molecular weight is 701 g/mol. The van der Waals surface area contributed by atoms with Gasteiger partial charge in [-0.1, -0.05) is 26.0 Å². The lowest BCUT2D eigenvalue weighted by Crippen LogP contribution is -2.52. The van der Waals surface area contributed by atoms with E-state index in [0.717, 1.165) is 94.3 Å². The zero-order chi connectivity index (χ0) is 35.6. The van der Waals surface area contributed by atoms with E-state index in [0.29, 0.717) is 25.6 Å². The number of pyridine rings is 1. The highest BCUT2D eigenvalue weighted by Crippen LogP contribution is 2.58. The number of anilines is 1. The van der Waals surface area contributed by atoms with E-state index in [1.54, 1.807) is 24.3 Å². The molecule has 1 aliphatic heterocycles. The molecule has 2 bridgehead atoms. The van der Waals surface area contributed by atoms with Crippen molar-refractivity contribution in [3.63, 3.8) is 0 Å². The molecule has 8 rings (SSSR count). The first-order chi connectivity index (χ1) is 24.7. The highest BCUT2D eigenvalue weighted by Gasteiger charge is 2.51. The van der Waals surface area contributed by atoms with Crippen molar-refractivity contribution in [3.05, 3.63) is 59.8 Å². The molecule has 11 nitrogen and oxygen atoms in total. The van der Waals surface area contributed by atoms with Gasteiger partial charge in [-0.15, -0.1) is 0 Å². The van der Waals surface area contributed by atoms with Crippen LogP contribution in [0.1, 0.15) is 114 Å². The van der Waals surface area contributed by atoms with Gasteiger partial charge in [0.2, 0.25) is 12.3 Å². The van der Waals surface area contributed by atoms with Gasteiger partial charge in [0, 0.05) is 49.9 Å². The van der Waals surface area contributed by atoms with Gasteiger partial charge in [-0.05, 0) is 118 Å². The first-order valence-electron chi connectivity index (χ1n) is 19.2. The number of fused-ring (bicyclic) bond motifs is 3. The molecule has 51 heavy (non-hydrogen) atoms. The van der Waals surface area contributed by atoms with Crippen molar-refractivity contribution in [2.75, 3.05) is 31.8 Å². The van der Waals surface area contributed by atoms with E-state index in [4.69, 9.17) is 24.3 Å². The summed E-state index contributed by atoms with van der Waals surface area (Å²) in [6.45, 7) is 8.37. The summed E-state index contributed by atoms with van der Waals surface area (Å²) in [7, 11) is 1.74. The summed E-state index contributed by atoms with van der Waals surface area (Å²) >= 11 is 0. The van der Waals surface area contributed by atoms with Crippen LogP contribution in [0.4, 0.5) is 5.82 Å². The fourth-order valence-electron chi connectivity index (χ4n) is 9.07. The number of carbonyl (C=O) groups excluding carboxylic acids is 1. The Kier molecular flexibility index (Phi) is 10.8. The molecule has 5 aliphatic rings. The minimum absolute atomic E-state index is 0.0505. The predicted molar refractivity (Wildman–Crippen MR) is 195 cm³/mol. The monoisotopic (exact) mass is 700 g/mol. The Balaban J connectivity index is 1.07. The van der Waals surface area contributed by atoms with Crippen molar-refractivity contribution in [1.82, 2.24) is 25.1 Å². The Morgan fingerprint density at radius 1 is 1.02 bits per heavy atom. The molecule has 4 aliphatic carbocycles. The van der Waals surface area contributed by atoms with Gasteiger partial charge in [0.05, 0.1) is 18.9 Å². The molecule has 1 saturated heterocycles. The molecule has 1 atom stereocenters. The number of aryl methyl sites for hydroxylation is 1. The zero-order valence-electron chi connectivity index (χ0n) is 30.9. The molecule has 5 fully saturated rings. The van der Waals surface area contributed by atoms with E-state index in [1.165, 1.54) is 11.1 Å². The van der Waals surface area contributed by atoms with Crippen LogP contribution in [-0.2, 0) is 19.7 Å². The lowest BCUT2D eigenvalue weighted by atomic mass is 9.51. The second-order valence-electron chi connectivity index (χ2n) is 16.0. The topological polar surface area (TPSA) is 124 Å². The second kappa shape index (κ2) is 15.3. The van der Waals surface area contributed by atoms with E-state index in [2.05, 4.69) is 49.3 Å². The Labute approximate surface area is 302 Å². The van der Waals surface area contributed by atoms with E-state index < -0.39 is 6.41 Å². The number of aliphatic hydroxyl groups excluding tert-OH is 1. The molecule has 4 saturated carbocycles. The number of aliphatic hydroxyl groups is 1. The highest BCUT2D eigenvalue weighted by molar-refractivity contribution is 5.94. The molecule has 1 aromatic carbocycles. The van der Waals surface area contributed by atoms with Crippen molar-refractivity contribution in [1.29, 1.82) is 0 Å². The standard InChI is InChI=1S/C40H56N6O5/c1-27(2)36-42-26-46(44-36)32-11-20-41-35(24-32)45(37(47)29-5-8-33(9-6-29)51-38(48)43-31-12-21-50-22-13-31)25-39-14-17-40(18-15-39,19-16-39)30-7-10-34(49-4)28(3)23-30/h7,10-11,20,23-24,26-27,29,31,33,38,43,48H,5-6,8-9,12-19,21-22,25H2,1-4H3. The summed E-state index contributed by atoms with van der Waals surface area (Å²) in [6.07, 6.45) is 13.7. The van der Waals surface area contributed by atoms with E-state index in [-0.39, 0.29) is 40.7 Å². The fraction of sp³-hybridized carbons (Fsp3) is 0.650. The van der Waals surface area contributed by atoms with Crippen LogP contribution in [0.25, 0.3) is 5.69 Å². The van der Waals surface area contributed by atoms with Gasteiger partial charge in [0.25, 0.3) is 0 Å². The summed E-state index contributed by atoms with van der Waals surface area (Å²) < 4.78 is 18.8. The van der Waals surface area contributed by atoms with Gasteiger partial charge < -0.3 is 19.3 Å². The predicted octanol–water partition coefficient (Wildman–Crippen LogP) is 6.35. The number of ether oxygens (including phenoxy) is 3. The molecule has 0 spiro atoms. The number of hydrogen-bond acceptors (Lipinski definition) is 9. The molecule has 1 unspecified atom stereocenters. The normalized spacial score (nSPS) is 27.4. The zero-order valence-corrected chi connectivity index (χ0v) is 30.9. The van der Waals surface area contributed by atoms with Gasteiger partial charge in [-0.2, -0.15) is 5.10 Å². The first-order valence-corrected chi connectivity index (χ1v) is 19.2. The Morgan fingerprint density at radius 2 is 1.75 bits per heavy atom. The summed E-state index contributed by atoms with van der Waals surface area (Å²) in [6, 6.07) is 10.8. The highest BCUT2D eigenvalue weighted by atomic mass is 16.6. The summed E-state index contributed by atoms with van der Waals surface area (Å²) in [5.41, 5.74) is 3.70. The third-order valence-electron chi connectivity index (χ3n) is 12.4. The number of benzene rings is 1. The first kappa shape index (κ1) is 36.0. The molecule has 1 amide bonds. The number of nitrogens with zero attached hydrogens (tertiary/aromatic N) is 5. The van der Waals surface area contributed by atoms with Crippen molar-refractivity contribution in [2.24, 2.45) is 11.3 Å². The summed E-state index contributed by atoms with van der Waals surface area (Å²) in [5.74, 6) is 2.63. The van der Waals surface area contributed by atoms with Crippen LogP contribution in [0, 0.1) is 18.3 Å². The number of rotatable bonds is 12. The van der Waals surface area contributed by atoms with E-state index in [1.807, 2.05) is 17.0 Å². The van der Waals surface area contributed by atoms with Crippen LogP contribution in [-0.4, -0.2) is 76.2 Å². The smallest absolute Gasteiger partial charge is 0.231 e. The molecule has 276 valence electrons. The van der Waals surface area contributed by atoms with Gasteiger partial charge in [-0.25, -0.2) is 14.6 Å². The number of nitrogens with one attached hydrogen (secondary N) is 1. The largest absolute Gasteiger partial charge is 0.496 e. The Hall–Kier alpha value is -3.38. The number of carbonyl (C=O) groups is 1. The number of aromatic nitrogens is 4. The quantitative estimate of drug-likeness (QED) is 0.208. The van der Waals surface area contributed by atoms with Crippen molar-refractivity contribution in [3.8, 4) is 11.4 Å². The summed E-state index contributed by atoms with van der Waals surface area (Å²) in [4.78, 5) is 26.0. The summed E-state index contributed by atoms with van der Waals surface area (Å²) in [5, 5.41) is 18.5. The lowest BCUT2D eigenvalue weighted by molar-refractivity contribution is -0.170. The third-order valence-corrected chi connectivity index (χ3v) is 12.4. The molecular formula is C40H56N6O5. The average Bonchev–Trinajstić information content (AvgIpc) is 3.66. The molecule has 0 radical (unpaired) electrons. The van der Waals surface area contributed by atoms with Crippen LogP contribution < -0.4 is 15.0 Å². The van der Waals surface area contributed by atoms with Gasteiger partial charge in [-0.3, -0.25) is 15.0 Å². The van der Waals surface area contributed by atoms with Crippen LogP contribution in [0.2, 0.25) is 0 Å². The molecule has 3 aromatic rings. The minimum Gasteiger partial charge on any atom is -0.496 e. The maximum Gasteiger partial charge on any atom is 0.231 e. The van der Waals surface area contributed by atoms with Crippen LogP contribution in [0.5, 0.6) is 5.75 Å². The molecular weight excluding hydrogens is 644 g/mol. The Morgan fingerprint density at radius 3 is 2.39 bits per heavy atom. The SMILES string of the molecule is COc1ccc(C23CCC(CN(C(=O)C4CCC(OC(O)NC5CCOCC5)CC4)c4cc(-n5cnc(C(C)C)n5)ccn4)(CC2)CC3)cc1C. The number of hydrogen-bond donors (Lipinski definition) is 2. The van der Waals surface area contributed by atoms with Crippen molar-refractivity contribution >= 4 is 11.7 Å². The Bertz CT molecular complexity index is 1620. The van der Waals surface area contributed by atoms with Crippen LogP contribution in [0.3, 0.4) is 0 Å². The molecule has 2 aromatic heterocycles. The van der Waals surface area contributed by atoms with E-state index >= 15 is 0 Å². The number of methoxy groups -OCH3 is 1. The number of amides is 1. The fourth-order valence-corrected chi connectivity index (χ4v) is 9.07. The maximum atomic E-state index is 14.7. The van der Waals surface area contributed by atoms with Crippen LogP contribution in [0.15, 0.2) is 42.9 Å². The lowest BCUT2D eigenvalue weighted by Gasteiger charge is -2.55. The maximum absolute atomic E-state index is 14.7. The molecule has 11 heteroatoms. The van der Waals surface area contributed by atoms with Crippen molar-refractivity contribution < 1.29 is 24.1 Å². The van der Waals surface area contributed by atoms with Crippen molar-refractivity contribution in [2.45, 2.75) is 128 Å². The van der Waals surface area contributed by atoms with Crippen LogP contribution >= 0.6 is 0 Å². The second-order valence-corrected chi connectivity index (χ2v) is 16.0. The van der Waals surface area contributed by atoms with E-state index in [9.17, 15) is 9.90 Å². The van der Waals surface area contributed by atoms with Gasteiger partial charge >= 0.3 is 0 Å². The molecule has 2 N–H and O–H groups in total. The van der Waals surface area contributed by atoms with Gasteiger partial charge in [0.1, 0.15) is 17.9 Å². The minimum atomic E-state index is -1.01. The molecule has 3 heterocycles.